The fourth-order valence-corrected chi connectivity index (χ4v) is 5.95. The van der Waals surface area contributed by atoms with Gasteiger partial charge >= 0.3 is 0 Å². The molecular formula is C31H30N2O2. The number of Topliss-reactive ketones (excluding diaryl/α,β-unsaturated/α-hetero) is 1. The molecule has 0 bridgehead atoms. The second-order valence-corrected chi connectivity index (χ2v) is 9.43. The summed E-state index contributed by atoms with van der Waals surface area (Å²) in [5.41, 5.74) is 3.15. The summed E-state index contributed by atoms with van der Waals surface area (Å²) in [6.07, 6.45) is 1.10. The van der Waals surface area contributed by atoms with Crippen LogP contribution in [-0.4, -0.2) is 35.5 Å². The number of rotatable bonds is 6. The summed E-state index contributed by atoms with van der Waals surface area (Å²) in [7, 11) is 0. The van der Waals surface area contributed by atoms with Gasteiger partial charge < -0.3 is 4.74 Å². The standard InChI is InChI=1S/C31H30N2O2/c1-2-35-27-17-15-23(16-18-27)29-28(31(34)24-10-4-3-5-11-24)30(33-20-8-19-32(29)33)26-14-13-22-9-6-7-12-25(22)21-26/h3-7,9-18,21,28-30H,2,8,19-20H2,1H3/t28-,29-,30+/m0/s1. The molecule has 2 heterocycles. The molecule has 3 atom stereocenters. The molecule has 2 fully saturated rings. The number of fused-ring (bicyclic) bond motifs is 2. The van der Waals surface area contributed by atoms with E-state index in [4.69, 9.17) is 4.74 Å². The van der Waals surface area contributed by atoms with Gasteiger partial charge in [-0.15, -0.1) is 0 Å². The van der Waals surface area contributed by atoms with Crippen molar-refractivity contribution in [3.63, 3.8) is 0 Å². The van der Waals surface area contributed by atoms with Gasteiger partial charge in [0.15, 0.2) is 5.78 Å². The van der Waals surface area contributed by atoms with Gasteiger partial charge in [-0.25, -0.2) is 10.0 Å². The summed E-state index contributed by atoms with van der Waals surface area (Å²) in [6.45, 7) is 4.56. The van der Waals surface area contributed by atoms with E-state index < -0.39 is 0 Å². The maximum atomic E-state index is 14.2. The van der Waals surface area contributed by atoms with Gasteiger partial charge in [0.25, 0.3) is 0 Å². The number of nitrogens with zero attached hydrogens (tertiary/aromatic N) is 2. The number of ether oxygens (including phenoxy) is 1. The zero-order chi connectivity index (χ0) is 23.8. The molecule has 0 aliphatic carbocycles. The summed E-state index contributed by atoms with van der Waals surface area (Å²) in [5.74, 6) is 0.860. The van der Waals surface area contributed by atoms with E-state index in [2.05, 4.69) is 64.6 Å². The number of hydrogen-bond acceptors (Lipinski definition) is 4. The largest absolute Gasteiger partial charge is 0.494 e. The fourth-order valence-electron chi connectivity index (χ4n) is 5.95. The van der Waals surface area contributed by atoms with Crippen molar-refractivity contribution in [1.29, 1.82) is 0 Å². The van der Waals surface area contributed by atoms with Crippen LogP contribution in [0, 0.1) is 5.92 Å². The number of carbonyl (C=O) groups excluding carboxylic acids is 1. The molecule has 176 valence electrons. The van der Waals surface area contributed by atoms with Gasteiger partial charge in [0.05, 0.1) is 24.6 Å². The Hall–Kier alpha value is -3.47. The molecule has 0 unspecified atom stereocenters. The van der Waals surface area contributed by atoms with E-state index in [1.807, 2.05) is 49.4 Å². The zero-order valence-corrected chi connectivity index (χ0v) is 20.0. The lowest BCUT2D eigenvalue weighted by Crippen LogP contribution is -2.32. The third kappa shape index (κ3) is 3.93. The lowest BCUT2D eigenvalue weighted by atomic mass is 9.79. The molecule has 0 aromatic heterocycles. The van der Waals surface area contributed by atoms with Gasteiger partial charge in [-0.1, -0.05) is 78.9 Å². The average molecular weight is 463 g/mol. The number of hydrazine groups is 1. The molecular weight excluding hydrogens is 432 g/mol. The Bertz CT molecular complexity index is 1340. The van der Waals surface area contributed by atoms with E-state index in [0.29, 0.717) is 6.61 Å². The number of ketones is 1. The van der Waals surface area contributed by atoms with Crippen molar-refractivity contribution >= 4 is 16.6 Å². The molecule has 4 aromatic carbocycles. The first-order valence-electron chi connectivity index (χ1n) is 12.6. The molecule has 0 saturated carbocycles. The quantitative estimate of drug-likeness (QED) is 0.308. The van der Waals surface area contributed by atoms with Crippen LogP contribution < -0.4 is 4.74 Å². The van der Waals surface area contributed by atoms with E-state index in [-0.39, 0.29) is 23.8 Å². The van der Waals surface area contributed by atoms with Crippen LogP contribution in [-0.2, 0) is 0 Å². The summed E-state index contributed by atoms with van der Waals surface area (Å²) >= 11 is 0. The predicted octanol–water partition coefficient (Wildman–Crippen LogP) is 6.46. The Morgan fingerprint density at radius 1 is 0.771 bits per heavy atom. The molecule has 4 heteroatoms. The Labute approximate surface area is 206 Å². The first kappa shape index (κ1) is 22.0. The van der Waals surface area contributed by atoms with Crippen molar-refractivity contribution < 1.29 is 9.53 Å². The molecule has 2 aliphatic rings. The van der Waals surface area contributed by atoms with E-state index in [1.165, 1.54) is 16.3 Å². The Morgan fingerprint density at radius 2 is 1.40 bits per heavy atom. The zero-order valence-electron chi connectivity index (χ0n) is 20.0. The van der Waals surface area contributed by atoms with E-state index >= 15 is 0 Å². The van der Waals surface area contributed by atoms with Crippen LogP contribution in [0.4, 0.5) is 0 Å². The van der Waals surface area contributed by atoms with Crippen LogP contribution in [0.15, 0.2) is 97.1 Å². The third-order valence-electron chi connectivity index (χ3n) is 7.44. The van der Waals surface area contributed by atoms with Gasteiger partial charge in [0, 0.05) is 18.7 Å². The van der Waals surface area contributed by atoms with E-state index in [9.17, 15) is 4.79 Å². The molecule has 4 nitrogen and oxygen atoms in total. The Morgan fingerprint density at radius 3 is 2.11 bits per heavy atom. The minimum absolute atomic E-state index is 0.00798. The van der Waals surface area contributed by atoms with Crippen molar-refractivity contribution in [3.05, 3.63) is 114 Å². The van der Waals surface area contributed by atoms with Crippen molar-refractivity contribution in [2.45, 2.75) is 25.4 Å². The highest BCUT2D eigenvalue weighted by Gasteiger charge is 2.53. The van der Waals surface area contributed by atoms with Gasteiger partial charge in [0.1, 0.15) is 5.75 Å². The number of carbonyl (C=O) groups is 1. The van der Waals surface area contributed by atoms with Crippen LogP contribution in [0.2, 0.25) is 0 Å². The van der Waals surface area contributed by atoms with Crippen molar-refractivity contribution in [1.82, 2.24) is 10.0 Å². The topological polar surface area (TPSA) is 32.8 Å². The Kier molecular flexibility index (Phi) is 5.85. The summed E-state index contributed by atoms with van der Waals surface area (Å²) < 4.78 is 5.69. The molecule has 6 rings (SSSR count). The van der Waals surface area contributed by atoms with Crippen LogP contribution in [0.25, 0.3) is 10.8 Å². The van der Waals surface area contributed by atoms with Crippen LogP contribution in [0.1, 0.15) is 46.9 Å². The fraction of sp³-hybridized carbons (Fsp3) is 0.258. The maximum absolute atomic E-state index is 14.2. The average Bonchev–Trinajstić information content (AvgIpc) is 3.50. The maximum Gasteiger partial charge on any atom is 0.169 e. The van der Waals surface area contributed by atoms with E-state index in [0.717, 1.165) is 36.4 Å². The Balaban J connectivity index is 1.48. The predicted molar refractivity (Wildman–Crippen MR) is 139 cm³/mol. The SMILES string of the molecule is CCOc1ccc([C@H]2[C@H](C(=O)c3ccccc3)[C@@H](c3ccc4ccccc4c3)N3CCCN23)cc1. The minimum Gasteiger partial charge on any atom is -0.494 e. The monoisotopic (exact) mass is 462 g/mol. The highest BCUT2D eigenvalue weighted by Crippen LogP contribution is 2.52. The third-order valence-corrected chi connectivity index (χ3v) is 7.44. The van der Waals surface area contributed by atoms with Crippen molar-refractivity contribution in [3.8, 4) is 5.75 Å². The molecule has 2 aliphatic heterocycles. The van der Waals surface area contributed by atoms with Crippen LogP contribution in [0.5, 0.6) is 5.75 Å². The lowest BCUT2D eigenvalue weighted by Gasteiger charge is -2.27. The van der Waals surface area contributed by atoms with Gasteiger partial charge in [0.2, 0.25) is 0 Å². The molecule has 0 N–H and O–H groups in total. The molecule has 4 aromatic rings. The first-order chi connectivity index (χ1) is 17.2. The summed E-state index contributed by atoms with van der Waals surface area (Å²) in [6, 6.07) is 33.3. The van der Waals surface area contributed by atoms with Crippen molar-refractivity contribution in [2.24, 2.45) is 5.92 Å². The summed E-state index contributed by atoms with van der Waals surface area (Å²) in [5, 5.41) is 7.34. The van der Waals surface area contributed by atoms with Gasteiger partial charge in [-0.2, -0.15) is 0 Å². The molecule has 35 heavy (non-hydrogen) atoms. The molecule has 2 saturated heterocycles. The highest BCUT2D eigenvalue weighted by molar-refractivity contribution is 5.99. The first-order valence-corrected chi connectivity index (χ1v) is 12.6. The lowest BCUT2D eigenvalue weighted by molar-refractivity contribution is 0.0253. The van der Waals surface area contributed by atoms with Crippen LogP contribution >= 0.6 is 0 Å². The second-order valence-electron chi connectivity index (χ2n) is 9.43. The highest BCUT2D eigenvalue weighted by atomic mass is 16.5. The van der Waals surface area contributed by atoms with Crippen LogP contribution in [0.3, 0.4) is 0 Å². The number of benzene rings is 4. The second kappa shape index (κ2) is 9.29. The minimum atomic E-state index is -0.211. The molecule has 0 radical (unpaired) electrons. The number of hydrogen-bond donors (Lipinski definition) is 0. The van der Waals surface area contributed by atoms with Gasteiger partial charge in [-0.05, 0) is 53.4 Å². The smallest absolute Gasteiger partial charge is 0.169 e. The van der Waals surface area contributed by atoms with E-state index in [1.54, 1.807) is 0 Å². The molecule has 0 amide bonds. The normalized spacial score (nSPS) is 22.4. The van der Waals surface area contributed by atoms with Crippen molar-refractivity contribution in [2.75, 3.05) is 19.7 Å². The molecule has 0 spiro atoms. The van der Waals surface area contributed by atoms with Gasteiger partial charge in [-0.3, -0.25) is 4.79 Å². The summed E-state index contributed by atoms with van der Waals surface area (Å²) in [4.78, 5) is 14.2.